The molecule has 2 rings (SSSR count). The summed E-state index contributed by atoms with van der Waals surface area (Å²) in [6.45, 7) is 5.93. The van der Waals surface area contributed by atoms with E-state index in [1.165, 1.54) is 5.56 Å². The van der Waals surface area contributed by atoms with Gasteiger partial charge in [0.2, 0.25) is 0 Å². The van der Waals surface area contributed by atoms with Crippen molar-refractivity contribution in [3.63, 3.8) is 0 Å². The second-order valence-electron chi connectivity index (χ2n) is 5.36. The predicted octanol–water partition coefficient (Wildman–Crippen LogP) is -0.789. The Kier molecular flexibility index (Phi) is 5.33. The molecule has 6 heteroatoms. The number of hydrogen-bond acceptors (Lipinski definition) is 5. The average Bonchev–Trinajstić information content (AvgIpc) is 2.82. The zero-order valence-electron chi connectivity index (χ0n) is 11.9. The van der Waals surface area contributed by atoms with Crippen LogP contribution in [0.2, 0.25) is 0 Å². The summed E-state index contributed by atoms with van der Waals surface area (Å²) in [5.41, 5.74) is 1.17. The standard InChI is InChI=1S/C13H25N5O/c1-16-3-4-17(2)13(11-16)9-14-7-12-8-15-18(10-12)5-6-19/h8,10,13-14,19H,3-7,9,11H2,1-2H3. The molecule has 0 saturated carbocycles. The van der Waals surface area contributed by atoms with Crippen LogP contribution < -0.4 is 5.32 Å². The summed E-state index contributed by atoms with van der Waals surface area (Å²) in [6.07, 6.45) is 3.85. The third-order valence-electron chi connectivity index (χ3n) is 3.71. The van der Waals surface area contributed by atoms with Crippen LogP contribution in [-0.2, 0) is 13.1 Å². The molecular weight excluding hydrogens is 242 g/mol. The number of aromatic nitrogens is 2. The third-order valence-corrected chi connectivity index (χ3v) is 3.71. The monoisotopic (exact) mass is 267 g/mol. The molecule has 0 aromatic carbocycles. The first-order valence-corrected chi connectivity index (χ1v) is 6.90. The molecule has 1 aromatic heterocycles. The van der Waals surface area contributed by atoms with E-state index in [0.29, 0.717) is 12.6 Å². The van der Waals surface area contributed by atoms with Crippen LogP contribution >= 0.6 is 0 Å². The highest BCUT2D eigenvalue weighted by molar-refractivity contribution is 5.03. The molecule has 6 nitrogen and oxygen atoms in total. The van der Waals surface area contributed by atoms with E-state index < -0.39 is 0 Å². The van der Waals surface area contributed by atoms with Crippen LogP contribution in [0.25, 0.3) is 0 Å². The smallest absolute Gasteiger partial charge is 0.0640 e. The van der Waals surface area contributed by atoms with Gasteiger partial charge in [-0.05, 0) is 14.1 Å². The zero-order valence-corrected chi connectivity index (χ0v) is 11.9. The van der Waals surface area contributed by atoms with Gasteiger partial charge < -0.3 is 15.3 Å². The van der Waals surface area contributed by atoms with E-state index in [1.807, 2.05) is 12.4 Å². The maximum Gasteiger partial charge on any atom is 0.0640 e. The number of aliphatic hydroxyl groups excluding tert-OH is 1. The second-order valence-corrected chi connectivity index (χ2v) is 5.36. The molecule has 0 amide bonds. The molecule has 1 saturated heterocycles. The first-order chi connectivity index (χ1) is 9.19. The van der Waals surface area contributed by atoms with Gasteiger partial charge in [-0.1, -0.05) is 0 Å². The van der Waals surface area contributed by atoms with Crippen LogP contribution in [-0.4, -0.2) is 77.6 Å². The minimum absolute atomic E-state index is 0.133. The summed E-state index contributed by atoms with van der Waals surface area (Å²) in [7, 11) is 4.37. The summed E-state index contributed by atoms with van der Waals surface area (Å²) < 4.78 is 1.78. The molecule has 1 aromatic rings. The molecule has 1 aliphatic heterocycles. The van der Waals surface area contributed by atoms with E-state index in [0.717, 1.165) is 32.7 Å². The Morgan fingerprint density at radius 2 is 2.26 bits per heavy atom. The summed E-state index contributed by atoms with van der Waals surface area (Å²) in [4.78, 5) is 4.80. The lowest BCUT2D eigenvalue weighted by Gasteiger charge is -2.37. The van der Waals surface area contributed by atoms with Gasteiger partial charge >= 0.3 is 0 Å². The van der Waals surface area contributed by atoms with E-state index >= 15 is 0 Å². The van der Waals surface area contributed by atoms with Gasteiger partial charge in [0.25, 0.3) is 0 Å². The molecule has 1 atom stereocenters. The predicted molar refractivity (Wildman–Crippen MR) is 74.9 cm³/mol. The van der Waals surface area contributed by atoms with Crippen LogP contribution in [0.15, 0.2) is 12.4 Å². The van der Waals surface area contributed by atoms with Crippen molar-refractivity contribution in [2.45, 2.75) is 19.1 Å². The third kappa shape index (κ3) is 4.28. The molecule has 0 radical (unpaired) electrons. The van der Waals surface area contributed by atoms with Gasteiger partial charge in [-0.3, -0.25) is 9.58 Å². The molecular formula is C13H25N5O. The highest BCUT2D eigenvalue weighted by Gasteiger charge is 2.21. The van der Waals surface area contributed by atoms with Gasteiger partial charge in [-0.2, -0.15) is 5.10 Å². The summed E-state index contributed by atoms with van der Waals surface area (Å²) in [5.74, 6) is 0. The molecule has 1 aliphatic rings. The van der Waals surface area contributed by atoms with Crippen LogP contribution in [0, 0.1) is 0 Å². The first kappa shape index (κ1) is 14.5. The number of nitrogens with one attached hydrogen (secondary N) is 1. The Hall–Kier alpha value is -0.950. The minimum atomic E-state index is 0.133. The van der Waals surface area contributed by atoms with Crippen molar-refractivity contribution in [1.29, 1.82) is 0 Å². The van der Waals surface area contributed by atoms with Gasteiger partial charge in [-0.15, -0.1) is 0 Å². The number of hydrogen-bond donors (Lipinski definition) is 2. The lowest BCUT2D eigenvalue weighted by atomic mass is 10.2. The van der Waals surface area contributed by atoms with Crippen molar-refractivity contribution in [3.8, 4) is 0 Å². The topological polar surface area (TPSA) is 56.6 Å². The van der Waals surface area contributed by atoms with Gasteiger partial charge in [0.15, 0.2) is 0 Å². The SMILES string of the molecule is CN1CCN(C)C(CNCc2cnn(CCO)c2)C1. The summed E-state index contributed by atoms with van der Waals surface area (Å²) in [6, 6.07) is 0.575. The fraction of sp³-hybridized carbons (Fsp3) is 0.769. The number of rotatable bonds is 6. The maximum atomic E-state index is 8.84. The summed E-state index contributed by atoms with van der Waals surface area (Å²) >= 11 is 0. The van der Waals surface area contributed by atoms with Gasteiger partial charge in [0.05, 0.1) is 19.3 Å². The number of aliphatic hydroxyl groups is 1. The zero-order chi connectivity index (χ0) is 13.7. The van der Waals surface area contributed by atoms with Crippen molar-refractivity contribution >= 4 is 0 Å². The molecule has 0 bridgehead atoms. The molecule has 0 aliphatic carbocycles. The molecule has 0 spiro atoms. The highest BCUT2D eigenvalue weighted by atomic mass is 16.3. The van der Waals surface area contributed by atoms with E-state index in [4.69, 9.17) is 5.11 Å². The van der Waals surface area contributed by atoms with Gasteiger partial charge in [-0.25, -0.2) is 0 Å². The van der Waals surface area contributed by atoms with Crippen molar-refractivity contribution in [2.75, 3.05) is 46.9 Å². The quantitative estimate of drug-likeness (QED) is 0.707. The maximum absolute atomic E-state index is 8.84. The van der Waals surface area contributed by atoms with Crippen LogP contribution in [0.3, 0.4) is 0 Å². The number of piperazine rings is 1. The van der Waals surface area contributed by atoms with E-state index in [9.17, 15) is 0 Å². The largest absolute Gasteiger partial charge is 0.394 e. The van der Waals surface area contributed by atoms with Crippen molar-refractivity contribution in [2.24, 2.45) is 0 Å². The lowest BCUT2D eigenvalue weighted by Crippen LogP contribution is -2.53. The Morgan fingerprint density at radius 1 is 1.42 bits per heavy atom. The Balaban J connectivity index is 1.72. The Morgan fingerprint density at radius 3 is 3.05 bits per heavy atom. The van der Waals surface area contributed by atoms with Crippen LogP contribution in [0.4, 0.5) is 0 Å². The second kappa shape index (κ2) is 7.00. The van der Waals surface area contributed by atoms with Crippen LogP contribution in [0.5, 0.6) is 0 Å². The average molecular weight is 267 g/mol. The fourth-order valence-electron chi connectivity index (χ4n) is 2.43. The summed E-state index contributed by atoms with van der Waals surface area (Å²) in [5, 5.41) is 16.5. The van der Waals surface area contributed by atoms with Gasteiger partial charge in [0, 0.05) is 50.5 Å². The number of nitrogens with zero attached hydrogens (tertiary/aromatic N) is 4. The molecule has 1 unspecified atom stereocenters. The Bertz CT molecular complexity index is 381. The van der Waals surface area contributed by atoms with Crippen LogP contribution in [0.1, 0.15) is 5.56 Å². The minimum Gasteiger partial charge on any atom is -0.394 e. The molecule has 108 valence electrons. The molecule has 19 heavy (non-hydrogen) atoms. The van der Waals surface area contributed by atoms with E-state index in [1.54, 1.807) is 4.68 Å². The van der Waals surface area contributed by atoms with E-state index in [-0.39, 0.29) is 6.61 Å². The lowest BCUT2D eigenvalue weighted by molar-refractivity contribution is 0.113. The highest BCUT2D eigenvalue weighted by Crippen LogP contribution is 2.05. The van der Waals surface area contributed by atoms with E-state index in [2.05, 4.69) is 34.3 Å². The first-order valence-electron chi connectivity index (χ1n) is 6.90. The number of likely N-dealkylation sites (N-methyl/N-ethyl adjacent to an activating group) is 2. The Labute approximate surface area is 115 Å². The van der Waals surface area contributed by atoms with Crippen molar-refractivity contribution in [1.82, 2.24) is 24.9 Å². The van der Waals surface area contributed by atoms with Crippen molar-refractivity contribution < 1.29 is 5.11 Å². The molecule has 1 fully saturated rings. The molecule has 2 N–H and O–H groups in total. The van der Waals surface area contributed by atoms with Crippen molar-refractivity contribution in [3.05, 3.63) is 18.0 Å². The van der Waals surface area contributed by atoms with Gasteiger partial charge in [0.1, 0.15) is 0 Å². The fourth-order valence-corrected chi connectivity index (χ4v) is 2.43. The normalized spacial score (nSPS) is 21.9. The molecule has 2 heterocycles.